The molecular weight excluding hydrogens is 410 g/mol. The molecule has 9 nitrogen and oxygen atoms in total. The number of urea groups is 1. The Morgan fingerprint density at radius 2 is 2.03 bits per heavy atom. The summed E-state index contributed by atoms with van der Waals surface area (Å²) in [6.07, 6.45) is 5.87. The second-order valence-electron chi connectivity index (χ2n) is 10.3. The van der Waals surface area contributed by atoms with Gasteiger partial charge < -0.3 is 24.1 Å². The second-order valence-corrected chi connectivity index (χ2v) is 10.3. The van der Waals surface area contributed by atoms with Crippen molar-refractivity contribution in [2.75, 3.05) is 31.7 Å². The van der Waals surface area contributed by atoms with Gasteiger partial charge in [-0.3, -0.25) is 4.90 Å². The van der Waals surface area contributed by atoms with Crippen molar-refractivity contribution in [1.29, 1.82) is 0 Å². The zero-order valence-electron chi connectivity index (χ0n) is 19.3. The summed E-state index contributed by atoms with van der Waals surface area (Å²) in [5.74, 6) is 0.526. The minimum atomic E-state index is -0.571. The largest absolute Gasteiger partial charge is 0.444 e. The predicted octanol–water partition coefficient (Wildman–Crippen LogP) is 3.44. The zero-order chi connectivity index (χ0) is 22.8. The van der Waals surface area contributed by atoms with Crippen LogP contribution in [0.2, 0.25) is 0 Å². The second kappa shape index (κ2) is 7.10. The summed E-state index contributed by atoms with van der Waals surface area (Å²) < 4.78 is 12.8. The van der Waals surface area contributed by atoms with E-state index in [0.717, 1.165) is 18.5 Å². The van der Waals surface area contributed by atoms with Gasteiger partial charge >= 0.3 is 12.1 Å². The topological polar surface area (TPSA) is 88.4 Å². The molecule has 2 saturated heterocycles. The normalized spacial score (nSPS) is 21.2. The number of hydrogen-bond acceptors (Lipinski definition) is 5. The Morgan fingerprint density at radius 3 is 2.59 bits per heavy atom. The Kier molecular flexibility index (Phi) is 4.67. The summed E-state index contributed by atoms with van der Waals surface area (Å²) in [6, 6.07) is 1.73. The average molecular weight is 442 g/mol. The van der Waals surface area contributed by atoms with Crippen molar-refractivity contribution < 1.29 is 19.1 Å². The molecule has 0 radical (unpaired) electrons. The van der Waals surface area contributed by atoms with E-state index in [1.54, 1.807) is 4.90 Å². The number of rotatable bonds is 4. The minimum Gasteiger partial charge on any atom is -0.444 e. The molecule has 4 heterocycles. The number of amides is 3. The highest BCUT2D eigenvalue weighted by Gasteiger charge is 2.53. The maximum Gasteiger partial charge on any atom is 0.408 e. The van der Waals surface area contributed by atoms with E-state index >= 15 is 0 Å². The van der Waals surface area contributed by atoms with Gasteiger partial charge in [-0.25, -0.2) is 14.6 Å². The average Bonchev–Trinajstić information content (AvgIpc) is 3.36. The lowest BCUT2D eigenvalue weighted by atomic mass is 9.97. The Labute approximate surface area is 187 Å². The lowest BCUT2D eigenvalue weighted by Gasteiger charge is -2.41. The summed E-state index contributed by atoms with van der Waals surface area (Å²) in [6.45, 7) is 9.07. The van der Waals surface area contributed by atoms with Crippen molar-refractivity contribution in [3.05, 3.63) is 29.7 Å². The van der Waals surface area contributed by atoms with Crippen LogP contribution in [0.1, 0.15) is 63.8 Å². The summed E-state index contributed by atoms with van der Waals surface area (Å²) in [4.78, 5) is 33.8. The predicted molar refractivity (Wildman–Crippen MR) is 119 cm³/mol. The number of carbonyl (C=O) groups excluding carboxylic acids is 2. The van der Waals surface area contributed by atoms with E-state index in [2.05, 4.69) is 17.6 Å². The molecule has 172 valence electrons. The van der Waals surface area contributed by atoms with E-state index in [4.69, 9.17) is 14.5 Å². The van der Waals surface area contributed by atoms with Crippen molar-refractivity contribution in [2.24, 2.45) is 0 Å². The van der Waals surface area contributed by atoms with E-state index in [-0.39, 0.29) is 17.6 Å². The van der Waals surface area contributed by atoms with Crippen molar-refractivity contribution in [3.63, 3.8) is 0 Å². The van der Waals surface area contributed by atoms with Gasteiger partial charge in [-0.05, 0) is 58.1 Å². The summed E-state index contributed by atoms with van der Waals surface area (Å²) in [5, 5.41) is 2.86. The molecule has 1 spiro atoms. The van der Waals surface area contributed by atoms with Gasteiger partial charge in [-0.1, -0.05) is 0 Å². The highest BCUT2D eigenvalue weighted by atomic mass is 16.6. The van der Waals surface area contributed by atoms with E-state index in [1.807, 2.05) is 50.2 Å². The fourth-order valence-corrected chi connectivity index (χ4v) is 4.39. The molecular formula is C23H31N5O4. The molecule has 9 heteroatoms. The van der Waals surface area contributed by atoms with Gasteiger partial charge in [0, 0.05) is 19.4 Å². The first-order valence-corrected chi connectivity index (χ1v) is 11.2. The van der Waals surface area contributed by atoms with E-state index in [1.165, 1.54) is 5.56 Å². The third-order valence-electron chi connectivity index (χ3n) is 6.51. The van der Waals surface area contributed by atoms with Crippen LogP contribution in [-0.4, -0.2) is 64.4 Å². The quantitative estimate of drug-likeness (QED) is 0.785. The van der Waals surface area contributed by atoms with E-state index < -0.39 is 11.7 Å². The van der Waals surface area contributed by atoms with Crippen LogP contribution < -0.4 is 10.2 Å². The number of pyridine rings is 1. The molecule has 3 fully saturated rings. The van der Waals surface area contributed by atoms with Gasteiger partial charge in [-0.2, -0.15) is 0 Å². The van der Waals surface area contributed by atoms with Crippen LogP contribution in [0, 0.1) is 0 Å². The number of likely N-dealkylation sites (N-methyl/N-ethyl adjacent to an activating group) is 1. The SMILES string of the molecule is C[C@@H](NC(=O)OC(C)(C)C)c1cn2cc(C3CC3)cc(N3CC4(COC4)N(C)C3=O)c2n1. The van der Waals surface area contributed by atoms with Crippen molar-refractivity contribution in [3.8, 4) is 0 Å². The number of anilines is 1. The Bertz CT molecular complexity index is 1080. The van der Waals surface area contributed by atoms with Crippen LogP contribution in [0.25, 0.3) is 5.65 Å². The minimum absolute atomic E-state index is 0.0346. The lowest BCUT2D eigenvalue weighted by molar-refractivity contribution is -0.0978. The molecule has 0 unspecified atom stereocenters. The summed E-state index contributed by atoms with van der Waals surface area (Å²) in [7, 11) is 1.84. The highest BCUT2D eigenvalue weighted by Crippen LogP contribution is 2.43. The van der Waals surface area contributed by atoms with Crippen LogP contribution >= 0.6 is 0 Å². The molecule has 1 saturated carbocycles. The summed E-state index contributed by atoms with van der Waals surface area (Å²) in [5.41, 5.74) is 2.62. The van der Waals surface area contributed by atoms with Gasteiger partial charge in [0.2, 0.25) is 0 Å². The van der Waals surface area contributed by atoms with E-state index in [9.17, 15) is 9.59 Å². The molecule has 2 aromatic heterocycles. The molecule has 3 aliphatic rings. The number of nitrogens with zero attached hydrogens (tertiary/aromatic N) is 4. The van der Waals surface area contributed by atoms with Crippen molar-refractivity contribution in [2.45, 2.75) is 63.6 Å². The molecule has 2 aromatic rings. The number of ether oxygens (including phenoxy) is 2. The third-order valence-corrected chi connectivity index (χ3v) is 6.51. The molecule has 32 heavy (non-hydrogen) atoms. The number of alkyl carbamates (subject to hydrolysis) is 1. The Hall–Kier alpha value is -2.81. The van der Waals surface area contributed by atoms with Gasteiger partial charge in [0.1, 0.15) is 11.1 Å². The fraction of sp³-hybridized carbons (Fsp3) is 0.609. The van der Waals surface area contributed by atoms with Crippen LogP contribution in [0.4, 0.5) is 15.3 Å². The summed E-state index contributed by atoms with van der Waals surface area (Å²) >= 11 is 0. The van der Waals surface area contributed by atoms with Gasteiger partial charge in [0.15, 0.2) is 5.65 Å². The number of carbonyl (C=O) groups is 2. The Morgan fingerprint density at radius 1 is 1.31 bits per heavy atom. The molecule has 1 aliphatic carbocycles. The lowest BCUT2D eigenvalue weighted by Crippen LogP contribution is -2.60. The van der Waals surface area contributed by atoms with Crippen LogP contribution in [0.5, 0.6) is 0 Å². The molecule has 1 atom stereocenters. The molecule has 0 bridgehead atoms. The van der Waals surface area contributed by atoms with Crippen LogP contribution in [0.15, 0.2) is 18.5 Å². The number of nitrogens with one attached hydrogen (secondary N) is 1. The van der Waals surface area contributed by atoms with Crippen molar-refractivity contribution in [1.82, 2.24) is 19.6 Å². The highest BCUT2D eigenvalue weighted by molar-refractivity contribution is 5.99. The smallest absolute Gasteiger partial charge is 0.408 e. The van der Waals surface area contributed by atoms with Crippen LogP contribution in [0.3, 0.4) is 0 Å². The number of hydrogen-bond donors (Lipinski definition) is 1. The molecule has 1 N–H and O–H groups in total. The van der Waals surface area contributed by atoms with E-state index in [0.29, 0.717) is 37.0 Å². The monoisotopic (exact) mass is 441 g/mol. The molecule has 5 rings (SSSR count). The molecule has 3 amide bonds. The first kappa shape index (κ1) is 21.1. The maximum absolute atomic E-state index is 13.2. The number of fused-ring (bicyclic) bond motifs is 1. The van der Waals surface area contributed by atoms with Gasteiger partial charge in [0.25, 0.3) is 0 Å². The fourth-order valence-electron chi connectivity index (χ4n) is 4.39. The van der Waals surface area contributed by atoms with Crippen LogP contribution in [-0.2, 0) is 9.47 Å². The third kappa shape index (κ3) is 3.58. The zero-order valence-corrected chi connectivity index (χ0v) is 19.3. The Balaban J connectivity index is 1.49. The maximum atomic E-state index is 13.2. The van der Waals surface area contributed by atoms with Gasteiger partial charge in [-0.15, -0.1) is 0 Å². The molecule has 2 aliphatic heterocycles. The van der Waals surface area contributed by atoms with Crippen molar-refractivity contribution >= 4 is 23.5 Å². The number of aromatic nitrogens is 2. The molecule has 0 aromatic carbocycles. The standard InChI is InChI=1S/C23H31N5O4/c1-14(24-20(29)32-22(2,3)4)17-10-27-9-16(15-6-7-15)8-18(19(27)25-17)28-11-23(12-31-13-23)26(5)21(28)30/h8-10,14-15H,6-7,11-13H2,1-5H3,(H,24,29)/t14-/m1/s1. The van der Waals surface area contributed by atoms with Gasteiger partial charge in [0.05, 0.1) is 37.2 Å². The first-order valence-electron chi connectivity index (χ1n) is 11.2. The first-order chi connectivity index (χ1) is 15.1. The number of imidazole rings is 1.